The van der Waals surface area contributed by atoms with Gasteiger partial charge in [-0.3, -0.25) is 0 Å². The van der Waals surface area contributed by atoms with Crippen molar-refractivity contribution < 1.29 is 0 Å². The molecule has 0 N–H and O–H groups in total. The molecule has 2 aromatic rings. The first-order valence-electron chi connectivity index (χ1n) is 4.37. The maximum Gasteiger partial charge on any atom is 0.162 e. The summed E-state index contributed by atoms with van der Waals surface area (Å²) in [5.41, 5.74) is 3.11. The highest BCUT2D eigenvalue weighted by Gasteiger charge is 2.01. The zero-order valence-electron chi connectivity index (χ0n) is 7.78. The molecule has 3 nitrogen and oxygen atoms in total. The van der Waals surface area contributed by atoms with Crippen LogP contribution in [0.5, 0.6) is 0 Å². The highest BCUT2D eigenvalue weighted by Crippen LogP contribution is 2.13. The number of aromatic nitrogens is 3. The van der Waals surface area contributed by atoms with E-state index in [0.717, 1.165) is 23.1 Å². The molecule has 0 aromatic carbocycles. The Morgan fingerprint density at radius 1 is 1.38 bits per heavy atom. The molecule has 0 radical (unpaired) electrons. The largest absolute Gasteiger partial charge is 0.244 e. The molecule has 0 fully saturated rings. The summed E-state index contributed by atoms with van der Waals surface area (Å²) in [5, 5.41) is 1.02. The van der Waals surface area contributed by atoms with E-state index in [4.69, 9.17) is 0 Å². The molecule has 0 saturated heterocycles. The zero-order chi connectivity index (χ0) is 9.26. The maximum atomic E-state index is 4.40. The van der Waals surface area contributed by atoms with Crippen LogP contribution in [0.3, 0.4) is 0 Å². The van der Waals surface area contributed by atoms with E-state index in [1.54, 1.807) is 6.20 Å². The molecule has 0 aliphatic heterocycles. The van der Waals surface area contributed by atoms with Crippen molar-refractivity contribution in [1.82, 2.24) is 15.0 Å². The minimum absolute atomic E-state index is 0.782. The fourth-order valence-corrected chi connectivity index (χ4v) is 1.41. The molecule has 2 heterocycles. The van der Waals surface area contributed by atoms with Gasteiger partial charge in [-0.25, -0.2) is 15.0 Å². The third-order valence-corrected chi connectivity index (χ3v) is 2.17. The van der Waals surface area contributed by atoms with Crippen LogP contribution in [0.15, 0.2) is 18.6 Å². The van der Waals surface area contributed by atoms with Gasteiger partial charge in [-0.2, -0.15) is 0 Å². The minimum Gasteiger partial charge on any atom is -0.244 e. The lowest BCUT2D eigenvalue weighted by atomic mass is 10.1. The minimum atomic E-state index is 0.782. The second-order valence-electron chi connectivity index (χ2n) is 3.02. The highest BCUT2D eigenvalue weighted by molar-refractivity contribution is 5.74. The van der Waals surface area contributed by atoms with Crippen LogP contribution in [0.1, 0.15) is 18.2 Å². The van der Waals surface area contributed by atoms with E-state index < -0.39 is 0 Å². The van der Waals surface area contributed by atoms with E-state index >= 15 is 0 Å². The van der Waals surface area contributed by atoms with E-state index in [1.807, 2.05) is 6.92 Å². The number of fused-ring (bicyclic) bond motifs is 1. The van der Waals surface area contributed by atoms with Crippen molar-refractivity contribution in [2.75, 3.05) is 0 Å². The van der Waals surface area contributed by atoms with Gasteiger partial charge in [-0.15, -0.1) is 0 Å². The molecule has 0 unspecified atom stereocenters. The molecule has 0 amide bonds. The van der Waals surface area contributed by atoms with Crippen LogP contribution in [0.2, 0.25) is 0 Å². The summed E-state index contributed by atoms with van der Waals surface area (Å²) in [6.45, 7) is 4.14. The van der Waals surface area contributed by atoms with Crippen molar-refractivity contribution in [2.24, 2.45) is 0 Å². The Labute approximate surface area is 76.9 Å². The highest BCUT2D eigenvalue weighted by atomic mass is 14.9. The number of hydrogen-bond donors (Lipinski definition) is 0. The predicted octanol–water partition coefficient (Wildman–Crippen LogP) is 1.90. The van der Waals surface area contributed by atoms with Gasteiger partial charge in [0.25, 0.3) is 0 Å². The number of pyridine rings is 1. The molecule has 66 valence electrons. The smallest absolute Gasteiger partial charge is 0.162 e. The van der Waals surface area contributed by atoms with Crippen molar-refractivity contribution in [3.63, 3.8) is 0 Å². The van der Waals surface area contributed by atoms with Gasteiger partial charge in [-0.05, 0) is 25.0 Å². The van der Waals surface area contributed by atoms with E-state index in [2.05, 4.69) is 27.9 Å². The van der Waals surface area contributed by atoms with Crippen molar-refractivity contribution in [1.29, 1.82) is 0 Å². The number of aryl methyl sites for hydroxylation is 2. The van der Waals surface area contributed by atoms with Crippen molar-refractivity contribution >= 4 is 11.0 Å². The lowest BCUT2D eigenvalue weighted by Crippen LogP contribution is -1.93. The quantitative estimate of drug-likeness (QED) is 0.661. The molecule has 0 atom stereocenters. The summed E-state index contributed by atoms with van der Waals surface area (Å²) in [4.78, 5) is 12.5. The normalized spacial score (nSPS) is 10.6. The Morgan fingerprint density at radius 2 is 2.23 bits per heavy atom. The topological polar surface area (TPSA) is 38.7 Å². The summed E-state index contributed by atoms with van der Waals surface area (Å²) >= 11 is 0. The fraction of sp³-hybridized carbons (Fsp3) is 0.300. The number of nitrogens with zero attached hydrogens (tertiary/aromatic N) is 3. The molecule has 2 rings (SSSR count). The third kappa shape index (κ3) is 1.37. The third-order valence-electron chi connectivity index (χ3n) is 2.17. The standard InChI is InChI=1S/C10H11N3/c1-3-8-4-9-5-11-6-12-10(9)13-7(8)2/h4-6H,3H2,1-2H3. The fourth-order valence-electron chi connectivity index (χ4n) is 1.41. The molecule has 3 heteroatoms. The van der Waals surface area contributed by atoms with Gasteiger partial charge in [0.2, 0.25) is 0 Å². The van der Waals surface area contributed by atoms with Crippen molar-refractivity contribution in [2.45, 2.75) is 20.3 Å². The van der Waals surface area contributed by atoms with Gasteiger partial charge in [0.1, 0.15) is 6.33 Å². The summed E-state index contributed by atoms with van der Waals surface area (Å²) in [6.07, 6.45) is 4.33. The second-order valence-corrected chi connectivity index (χ2v) is 3.02. The van der Waals surface area contributed by atoms with Crippen LogP contribution in [-0.4, -0.2) is 15.0 Å². The van der Waals surface area contributed by atoms with Crippen LogP contribution in [0.4, 0.5) is 0 Å². The van der Waals surface area contributed by atoms with Gasteiger partial charge < -0.3 is 0 Å². The van der Waals surface area contributed by atoms with Crippen molar-refractivity contribution in [3.05, 3.63) is 29.8 Å². The Hall–Kier alpha value is -1.51. The SMILES string of the molecule is CCc1cc2cncnc2nc1C. The van der Waals surface area contributed by atoms with E-state index in [1.165, 1.54) is 11.9 Å². The van der Waals surface area contributed by atoms with Gasteiger partial charge in [-0.1, -0.05) is 6.92 Å². The van der Waals surface area contributed by atoms with E-state index in [9.17, 15) is 0 Å². The van der Waals surface area contributed by atoms with Crippen molar-refractivity contribution in [3.8, 4) is 0 Å². The van der Waals surface area contributed by atoms with Gasteiger partial charge in [0.15, 0.2) is 5.65 Å². The molecule has 13 heavy (non-hydrogen) atoms. The molecular weight excluding hydrogens is 162 g/mol. The van der Waals surface area contributed by atoms with Crippen LogP contribution >= 0.6 is 0 Å². The maximum absolute atomic E-state index is 4.40. The summed E-state index contributed by atoms with van der Waals surface area (Å²) in [5.74, 6) is 0. The van der Waals surface area contributed by atoms with Gasteiger partial charge in [0, 0.05) is 17.3 Å². The zero-order valence-corrected chi connectivity index (χ0v) is 7.78. The average Bonchev–Trinajstić information content (AvgIpc) is 2.17. The molecule has 0 aliphatic rings. The van der Waals surface area contributed by atoms with E-state index in [0.29, 0.717) is 0 Å². The summed E-state index contributed by atoms with van der Waals surface area (Å²) in [7, 11) is 0. The predicted molar refractivity (Wildman–Crippen MR) is 51.4 cm³/mol. The Kier molecular flexibility index (Phi) is 1.93. The average molecular weight is 173 g/mol. The molecule has 0 bridgehead atoms. The second kappa shape index (κ2) is 3.09. The Morgan fingerprint density at radius 3 is 3.00 bits per heavy atom. The Balaban J connectivity index is 2.74. The van der Waals surface area contributed by atoms with Gasteiger partial charge >= 0.3 is 0 Å². The first-order chi connectivity index (χ1) is 6.31. The van der Waals surface area contributed by atoms with Gasteiger partial charge in [0.05, 0.1) is 0 Å². The molecule has 2 aromatic heterocycles. The van der Waals surface area contributed by atoms with Crippen LogP contribution < -0.4 is 0 Å². The molecule has 0 aliphatic carbocycles. The number of rotatable bonds is 1. The summed E-state index contributed by atoms with van der Waals surface area (Å²) < 4.78 is 0. The number of hydrogen-bond acceptors (Lipinski definition) is 3. The molecule has 0 saturated carbocycles. The van der Waals surface area contributed by atoms with Crippen LogP contribution in [0, 0.1) is 6.92 Å². The monoisotopic (exact) mass is 173 g/mol. The molecular formula is C10H11N3. The van der Waals surface area contributed by atoms with Crippen LogP contribution in [-0.2, 0) is 6.42 Å². The molecule has 0 spiro atoms. The first kappa shape index (κ1) is 8.10. The van der Waals surface area contributed by atoms with Crippen LogP contribution in [0.25, 0.3) is 11.0 Å². The van der Waals surface area contributed by atoms with E-state index in [-0.39, 0.29) is 0 Å². The Bertz CT molecular complexity index is 437. The first-order valence-corrected chi connectivity index (χ1v) is 4.37. The lowest BCUT2D eigenvalue weighted by Gasteiger charge is -2.02. The lowest BCUT2D eigenvalue weighted by molar-refractivity contribution is 1.05. The summed E-state index contributed by atoms with van der Waals surface area (Å²) in [6, 6.07) is 2.11.